The first kappa shape index (κ1) is 21.1. The van der Waals surface area contributed by atoms with Crippen LogP contribution in [0.1, 0.15) is 34.6 Å². The first-order valence-corrected chi connectivity index (χ1v) is 7.89. The van der Waals surface area contributed by atoms with Crippen LogP contribution in [0.15, 0.2) is 0 Å². The van der Waals surface area contributed by atoms with Crippen molar-refractivity contribution in [2.75, 3.05) is 66.2 Å². The molecule has 0 saturated carbocycles. The van der Waals surface area contributed by atoms with Crippen LogP contribution in [0.5, 0.6) is 0 Å². The lowest BCUT2D eigenvalue weighted by Crippen LogP contribution is -2.35. The molecule has 0 aromatic rings. The summed E-state index contributed by atoms with van der Waals surface area (Å²) in [5.41, 5.74) is 0. The van der Waals surface area contributed by atoms with Gasteiger partial charge >= 0.3 is 0 Å². The average molecular weight is 276 g/mol. The highest BCUT2D eigenvalue weighted by atomic mass is 16.5. The highest BCUT2D eigenvalue weighted by molar-refractivity contribution is 4.57. The predicted octanol–water partition coefficient (Wildman–Crippen LogP) is 2.34. The van der Waals surface area contributed by atoms with E-state index in [1.165, 1.54) is 6.54 Å². The Morgan fingerprint density at radius 3 is 1.32 bits per heavy atom. The third kappa shape index (κ3) is 14.1. The summed E-state index contributed by atoms with van der Waals surface area (Å²) >= 11 is 0. The van der Waals surface area contributed by atoms with Crippen molar-refractivity contribution in [1.29, 1.82) is 0 Å². The van der Waals surface area contributed by atoms with Crippen LogP contribution in [0, 0.1) is 0 Å². The van der Waals surface area contributed by atoms with E-state index in [0.29, 0.717) is 0 Å². The molecule has 0 spiro atoms. The first-order valence-electron chi connectivity index (χ1n) is 7.89. The smallest absolute Gasteiger partial charge is 0.0594 e. The Labute approximate surface area is 121 Å². The minimum Gasteiger partial charge on any atom is -0.379 e. The lowest BCUT2D eigenvalue weighted by atomic mass is 10.4. The van der Waals surface area contributed by atoms with Crippen molar-refractivity contribution in [1.82, 2.24) is 9.80 Å². The number of rotatable bonds is 1. The summed E-state index contributed by atoms with van der Waals surface area (Å²) in [6.45, 7) is 19.5. The molecule has 0 N–H and O–H groups in total. The van der Waals surface area contributed by atoms with Crippen molar-refractivity contribution >= 4 is 0 Å². The Morgan fingerprint density at radius 1 is 0.737 bits per heavy atom. The molecule has 4 nitrogen and oxygen atoms in total. The van der Waals surface area contributed by atoms with E-state index < -0.39 is 0 Å². The molecule has 0 aromatic heterocycles. The Hall–Kier alpha value is -0.160. The van der Waals surface area contributed by atoms with E-state index in [1.807, 2.05) is 27.7 Å². The maximum Gasteiger partial charge on any atom is 0.0594 e. The fourth-order valence-corrected chi connectivity index (χ4v) is 1.57. The van der Waals surface area contributed by atoms with Crippen molar-refractivity contribution in [3.63, 3.8) is 0 Å². The molecule has 2 aliphatic rings. The van der Waals surface area contributed by atoms with Gasteiger partial charge < -0.3 is 14.4 Å². The van der Waals surface area contributed by atoms with Gasteiger partial charge in [0.25, 0.3) is 0 Å². The van der Waals surface area contributed by atoms with Gasteiger partial charge in [-0.1, -0.05) is 34.6 Å². The van der Waals surface area contributed by atoms with Gasteiger partial charge in [-0.2, -0.15) is 0 Å². The number of hydrogen-bond donors (Lipinski definition) is 0. The van der Waals surface area contributed by atoms with Gasteiger partial charge in [0.15, 0.2) is 0 Å². The van der Waals surface area contributed by atoms with E-state index in [1.54, 1.807) is 0 Å². The maximum atomic E-state index is 5.16. The van der Waals surface area contributed by atoms with E-state index >= 15 is 0 Å². The molecule has 19 heavy (non-hydrogen) atoms. The fourth-order valence-electron chi connectivity index (χ4n) is 1.57. The van der Waals surface area contributed by atoms with Gasteiger partial charge in [-0.25, -0.2) is 0 Å². The predicted molar refractivity (Wildman–Crippen MR) is 83.9 cm³/mol. The summed E-state index contributed by atoms with van der Waals surface area (Å²) in [7, 11) is 2.11. The number of nitrogens with zero attached hydrogens (tertiary/aromatic N) is 2. The van der Waals surface area contributed by atoms with E-state index in [9.17, 15) is 0 Å². The summed E-state index contributed by atoms with van der Waals surface area (Å²) in [6, 6.07) is 0. The van der Waals surface area contributed by atoms with Gasteiger partial charge in [-0.05, 0) is 13.6 Å². The number of morpholine rings is 2. The second-order valence-corrected chi connectivity index (χ2v) is 3.96. The maximum absolute atomic E-state index is 5.16. The molecule has 2 rings (SSSR count). The molecule has 0 aromatic carbocycles. The van der Waals surface area contributed by atoms with Gasteiger partial charge in [-0.15, -0.1) is 0 Å². The minimum absolute atomic E-state index is 0.913. The lowest BCUT2D eigenvalue weighted by Gasteiger charge is -2.24. The van der Waals surface area contributed by atoms with Crippen LogP contribution in [0.2, 0.25) is 0 Å². The van der Waals surface area contributed by atoms with Crippen LogP contribution >= 0.6 is 0 Å². The van der Waals surface area contributed by atoms with Crippen molar-refractivity contribution in [2.24, 2.45) is 0 Å². The van der Waals surface area contributed by atoms with Crippen LogP contribution in [0.3, 0.4) is 0 Å². The monoisotopic (exact) mass is 276 g/mol. The third-order valence-corrected chi connectivity index (χ3v) is 2.79. The Kier molecular flexibility index (Phi) is 19.9. The molecule has 2 fully saturated rings. The molecule has 118 valence electrons. The number of hydrogen-bond acceptors (Lipinski definition) is 4. The van der Waals surface area contributed by atoms with Crippen LogP contribution < -0.4 is 0 Å². The van der Waals surface area contributed by atoms with Crippen molar-refractivity contribution in [2.45, 2.75) is 34.6 Å². The van der Waals surface area contributed by atoms with E-state index in [0.717, 1.165) is 52.6 Å². The van der Waals surface area contributed by atoms with Crippen LogP contribution in [0.25, 0.3) is 0 Å². The molecule has 4 heteroatoms. The third-order valence-electron chi connectivity index (χ3n) is 2.79. The molecule has 0 unspecified atom stereocenters. The molecule has 2 saturated heterocycles. The first-order chi connectivity index (χ1) is 9.33. The zero-order chi connectivity index (χ0) is 14.9. The second kappa shape index (κ2) is 17.8. The minimum atomic E-state index is 0.913. The summed E-state index contributed by atoms with van der Waals surface area (Å²) in [5, 5.41) is 0. The highest BCUT2D eigenvalue weighted by Crippen LogP contribution is 1.93. The van der Waals surface area contributed by atoms with Gasteiger partial charge in [0.1, 0.15) is 0 Å². The van der Waals surface area contributed by atoms with Crippen molar-refractivity contribution in [3.8, 4) is 0 Å². The normalized spacial score (nSPS) is 19.9. The highest BCUT2D eigenvalue weighted by Gasteiger charge is 2.05. The molecular weight excluding hydrogens is 240 g/mol. The van der Waals surface area contributed by atoms with E-state index in [4.69, 9.17) is 9.47 Å². The standard InChI is InChI=1S/C6H13NO.C5H11NO.2C2H6/c1-2-7-3-5-8-6-4-7;1-6-2-4-7-5-3-6;2*1-2/h2-6H2,1H3;2-5H2,1H3;2*1-2H3. The molecule has 2 heterocycles. The molecule has 0 atom stereocenters. The summed E-state index contributed by atoms with van der Waals surface area (Å²) in [6.07, 6.45) is 0. The number of likely N-dealkylation sites (N-methyl/N-ethyl adjacent to an activating group) is 2. The largest absolute Gasteiger partial charge is 0.379 e. The summed E-state index contributed by atoms with van der Waals surface area (Å²) < 4.78 is 10.3. The summed E-state index contributed by atoms with van der Waals surface area (Å²) in [5.74, 6) is 0. The van der Waals surface area contributed by atoms with Gasteiger partial charge in [0, 0.05) is 26.2 Å². The van der Waals surface area contributed by atoms with Gasteiger partial charge in [0.05, 0.1) is 26.4 Å². The quantitative estimate of drug-likeness (QED) is 0.734. The topological polar surface area (TPSA) is 24.9 Å². The van der Waals surface area contributed by atoms with Crippen LogP contribution in [-0.4, -0.2) is 76.0 Å². The van der Waals surface area contributed by atoms with Crippen LogP contribution in [0.4, 0.5) is 0 Å². The van der Waals surface area contributed by atoms with Crippen molar-refractivity contribution < 1.29 is 9.47 Å². The zero-order valence-electron chi connectivity index (χ0n) is 14.1. The lowest BCUT2D eigenvalue weighted by molar-refractivity contribution is 0.0405. The average Bonchev–Trinajstić information content (AvgIpc) is 2.53. The van der Waals surface area contributed by atoms with Gasteiger partial charge in [-0.3, -0.25) is 4.90 Å². The van der Waals surface area contributed by atoms with E-state index in [2.05, 4.69) is 23.8 Å². The Morgan fingerprint density at radius 2 is 1.11 bits per heavy atom. The van der Waals surface area contributed by atoms with E-state index in [-0.39, 0.29) is 0 Å². The molecule has 0 aliphatic carbocycles. The Bertz CT molecular complexity index is 145. The molecule has 0 amide bonds. The fraction of sp³-hybridized carbons (Fsp3) is 1.00. The zero-order valence-corrected chi connectivity index (χ0v) is 14.1. The van der Waals surface area contributed by atoms with Crippen LogP contribution in [-0.2, 0) is 9.47 Å². The molecule has 0 radical (unpaired) electrons. The van der Waals surface area contributed by atoms with Crippen molar-refractivity contribution in [3.05, 3.63) is 0 Å². The molecule has 0 bridgehead atoms. The number of ether oxygens (including phenoxy) is 2. The Balaban J connectivity index is 0. The second-order valence-electron chi connectivity index (χ2n) is 3.96. The molecule has 2 aliphatic heterocycles. The summed E-state index contributed by atoms with van der Waals surface area (Å²) in [4.78, 5) is 4.66. The SMILES string of the molecule is CC.CC.CCN1CCOCC1.CN1CCOCC1. The molecular formula is C15H36N2O2. The van der Waals surface area contributed by atoms with Gasteiger partial charge in [0.2, 0.25) is 0 Å².